The molecule has 0 bridgehead atoms. The van der Waals surface area contributed by atoms with Crippen molar-refractivity contribution >= 4 is 15.9 Å². The van der Waals surface area contributed by atoms with Crippen molar-refractivity contribution in [1.29, 1.82) is 0 Å². The number of hydrogen-bond donors (Lipinski definition) is 1. The Bertz CT molecular complexity index is 401. The molecule has 1 N–H and O–H groups in total. The third-order valence-electron chi connectivity index (χ3n) is 2.98. The summed E-state index contributed by atoms with van der Waals surface area (Å²) in [5, 5.41) is 3.26. The van der Waals surface area contributed by atoms with Gasteiger partial charge < -0.3 is 10.1 Å². The molecule has 5 heteroatoms. The lowest BCUT2D eigenvalue weighted by molar-refractivity contribution is 0.188. The van der Waals surface area contributed by atoms with Crippen LogP contribution in [0.5, 0.6) is 0 Å². The SMILES string of the molecule is CCNC(CCCOC)Cc1c(F)ccc(Br)c1F. The third-order valence-corrected chi connectivity index (χ3v) is 3.60. The fourth-order valence-corrected chi connectivity index (χ4v) is 2.41. The zero-order valence-corrected chi connectivity index (χ0v) is 12.9. The first-order chi connectivity index (χ1) is 9.10. The maximum atomic E-state index is 13.9. The highest BCUT2D eigenvalue weighted by molar-refractivity contribution is 9.10. The Morgan fingerprint density at radius 1 is 1.37 bits per heavy atom. The van der Waals surface area contributed by atoms with Crippen LogP contribution in [0.2, 0.25) is 0 Å². The Kier molecular flexibility index (Phi) is 7.49. The molecule has 0 spiro atoms. The first kappa shape index (κ1) is 16.5. The molecule has 108 valence electrons. The molecular formula is C14H20BrF2NO. The van der Waals surface area contributed by atoms with Crippen molar-refractivity contribution in [1.82, 2.24) is 5.32 Å². The average molecular weight is 336 g/mol. The fourth-order valence-electron chi connectivity index (χ4n) is 2.04. The molecule has 0 aliphatic heterocycles. The van der Waals surface area contributed by atoms with Gasteiger partial charge in [-0.15, -0.1) is 0 Å². The second kappa shape index (κ2) is 8.61. The van der Waals surface area contributed by atoms with E-state index in [9.17, 15) is 8.78 Å². The lowest BCUT2D eigenvalue weighted by atomic mass is 10.0. The highest BCUT2D eigenvalue weighted by Crippen LogP contribution is 2.23. The van der Waals surface area contributed by atoms with Crippen LogP contribution >= 0.6 is 15.9 Å². The predicted octanol–water partition coefficient (Wildman–Crippen LogP) is 3.67. The number of nitrogens with one attached hydrogen (secondary N) is 1. The maximum absolute atomic E-state index is 13.9. The van der Waals surface area contributed by atoms with Crippen LogP contribution in [0, 0.1) is 11.6 Å². The summed E-state index contributed by atoms with van der Waals surface area (Å²) in [5.41, 5.74) is 0.137. The Hall–Kier alpha value is -0.520. The van der Waals surface area contributed by atoms with E-state index in [1.165, 1.54) is 12.1 Å². The molecule has 1 atom stereocenters. The van der Waals surface area contributed by atoms with Gasteiger partial charge in [0.2, 0.25) is 0 Å². The number of ether oxygens (including phenoxy) is 1. The van der Waals surface area contributed by atoms with Crippen LogP contribution in [-0.4, -0.2) is 26.3 Å². The fraction of sp³-hybridized carbons (Fsp3) is 0.571. The zero-order valence-electron chi connectivity index (χ0n) is 11.3. The highest BCUT2D eigenvalue weighted by Gasteiger charge is 2.17. The number of likely N-dealkylation sites (N-methyl/N-ethyl adjacent to an activating group) is 1. The van der Waals surface area contributed by atoms with Gasteiger partial charge in [-0.1, -0.05) is 6.92 Å². The summed E-state index contributed by atoms with van der Waals surface area (Å²) in [5.74, 6) is -0.995. The molecule has 0 fully saturated rings. The number of hydrogen-bond acceptors (Lipinski definition) is 2. The van der Waals surface area contributed by atoms with Gasteiger partial charge in [0.25, 0.3) is 0 Å². The molecule has 1 aromatic rings. The molecule has 1 rings (SSSR count). The molecule has 0 aromatic heterocycles. The summed E-state index contributed by atoms with van der Waals surface area (Å²) in [4.78, 5) is 0. The molecule has 0 radical (unpaired) electrons. The molecular weight excluding hydrogens is 316 g/mol. The summed E-state index contributed by atoms with van der Waals surface area (Å²) < 4.78 is 32.9. The monoisotopic (exact) mass is 335 g/mol. The van der Waals surface area contributed by atoms with Gasteiger partial charge in [-0.05, 0) is 53.9 Å². The summed E-state index contributed by atoms with van der Waals surface area (Å²) in [6.07, 6.45) is 2.03. The normalized spacial score (nSPS) is 12.7. The van der Waals surface area contributed by atoms with Crippen LogP contribution in [0.4, 0.5) is 8.78 Å². The van der Waals surface area contributed by atoms with E-state index in [1.54, 1.807) is 7.11 Å². The van der Waals surface area contributed by atoms with Crippen molar-refractivity contribution in [2.45, 2.75) is 32.2 Å². The third kappa shape index (κ3) is 5.16. The van der Waals surface area contributed by atoms with E-state index in [-0.39, 0.29) is 11.6 Å². The van der Waals surface area contributed by atoms with Crippen molar-refractivity contribution in [2.75, 3.05) is 20.3 Å². The van der Waals surface area contributed by atoms with E-state index in [2.05, 4.69) is 21.2 Å². The number of rotatable bonds is 8. The van der Waals surface area contributed by atoms with Crippen molar-refractivity contribution in [3.63, 3.8) is 0 Å². The van der Waals surface area contributed by atoms with Crippen molar-refractivity contribution in [3.05, 3.63) is 33.8 Å². The first-order valence-corrected chi connectivity index (χ1v) is 7.24. The second-order valence-electron chi connectivity index (χ2n) is 4.42. The number of benzene rings is 1. The number of methoxy groups -OCH3 is 1. The van der Waals surface area contributed by atoms with Crippen LogP contribution in [0.25, 0.3) is 0 Å². The molecule has 1 aromatic carbocycles. The maximum Gasteiger partial charge on any atom is 0.143 e. The first-order valence-electron chi connectivity index (χ1n) is 6.44. The van der Waals surface area contributed by atoms with Crippen molar-refractivity contribution in [2.24, 2.45) is 0 Å². The predicted molar refractivity (Wildman–Crippen MR) is 76.3 cm³/mol. The molecule has 0 aliphatic rings. The minimum atomic E-state index is -0.505. The molecule has 0 heterocycles. The standard InChI is InChI=1S/C14H20BrF2NO/c1-3-18-10(5-4-8-19-2)9-11-13(16)7-6-12(15)14(11)17/h6-7,10,18H,3-5,8-9H2,1-2H3. The minimum Gasteiger partial charge on any atom is -0.385 e. The molecule has 0 amide bonds. The van der Waals surface area contributed by atoms with Crippen LogP contribution in [0.1, 0.15) is 25.3 Å². The Labute approximate surface area is 121 Å². The average Bonchev–Trinajstić information content (AvgIpc) is 2.39. The molecule has 0 saturated heterocycles. The minimum absolute atomic E-state index is 0.0541. The van der Waals surface area contributed by atoms with E-state index >= 15 is 0 Å². The van der Waals surface area contributed by atoms with Gasteiger partial charge in [-0.2, -0.15) is 0 Å². The quantitative estimate of drug-likeness (QED) is 0.578. The van der Waals surface area contributed by atoms with Crippen LogP contribution in [-0.2, 0) is 11.2 Å². The Morgan fingerprint density at radius 2 is 2.11 bits per heavy atom. The van der Waals surface area contributed by atoms with Gasteiger partial charge in [-0.25, -0.2) is 8.78 Å². The van der Waals surface area contributed by atoms with E-state index in [0.29, 0.717) is 17.5 Å². The van der Waals surface area contributed by atoms with Crippen LogP contribution in [0.3, 0.4) is 0 Å². The summed E-state index contributed by atoms with van der Waals surface area (Å²) in [6, 6.07) is 2.74. The summed E-state index contributed by atoms with van der Waals surface area (Å²) in [6.45, 7) is 3.41. The topological polar surface area (TPSA) is 21.3 Å². The van der Waals surface area contributed by atoms with Gasteiger partial charge in [-0.3, -0.25) is 0 Å². The Morgan fingerprint density at radius 3 is 2.74 bits per heavy atom. The van der Waals surface area contributed by atoms with Gasteiger partial charge in [0.05, 0.1) is 4.47 Å². The summed E-state index contributed by atoms with van der Waals surface area (Å²) in [7, 11) is 1.65. The highest BCUT2D eigenvalue weighted by atomic mass is 79.9. The largest absolute Gasteiger partial charge is 0.385 e. The van der Waals surface area contributed by atoms with Crippen LogP contribution < -0.4 is 5.32 Å². The van der Waals surface area contributed by atoms with E-state index in [0.717, 1.165) is 19.4 Å². The second-order valence-corrected chi connectivity index (χ2v) is 5.27. The lowest BCUT2D eigenvalue weighted by Gasteiger charge is -2.18. The Balaban J connectivity index is 2.75. The van der Waals surface area contributed by atoms with Gasteiger partial charge in [0.15, 0.2) is 0 Å². The molecule has 0 aliphatic carbocycles. The van der Waals surface area contributed by atoms with E-state index < -0.39 is 11.6 Å². The van der Waals surface area contributed by atoms with Gasteiger partial charge in [0, 0.05) is 25.3 Å². The smallest absolute Gasteiger partial charge is 0.143 e. The van der Waals surface area contributed by atoms with Gasteiger partial charge >= 0.3 is 0 Å². The van der Waals surface area contributed by atoms with Crippen molar-refractivity contribution in [3.8, 4) is 0 Å². The molecule has 2 nitrogen and oxygen atoms in total. The molecule has 19 heavy (non-hydrogen) atoms. The number of halogens is 3. The lowest BCUT2D eigenvalue weighted by Crippen LogP contribution is -2.32. The van der Waals surface area contributed by atoms with E-state index in [1.807, 2.05) is 6.92 Å². The summed E-state index contributed by atoms with van der Waals surface area (Å²) >= 11 is 3.09. The molecule has 1 unspecified atom stereocenters. The van der Waals surface area contributed by atoms with Gasteiger partial charge in [0.1, 0.15) is 11.6 Å². The van der Waals surface area contributed by atoms with E-state index in [4.69, 9.17) is 4.74 Å². The zero-order chi connectivity index (χ0) is 14.3. The van der Waals surface area contributed by atoms with Crippen LogP contribution in [0.15, 0.2) is 16.6 Å². The van der Waals surface area contributed by atoms with Crippen molar-refractivity contribution < 1.29 is 13.5 Å². The molecule has 0 saturated carbocycles.